The highest BCUT2D eigenvalue weighted by Crippen LogP contribution is 2.32. The number of fused-ring (bicyclic) bond motifs is 1. The molecule has 0 radical (unpaired) electrons. The highest BCUT2D eigenvalue weighted by molar-refractivity contribution is 7.86. The van der Waals surface area contributed by atoms with Crippen molar-refractivity contribution < 1.29 is 27.2 Å². The van der Waals surface area contributed by atoms with Crippen LogP contribution in [0.2, 0.25) is 0 Å². The minimum Gasteiger partial charge on any atom is -0.489 e. The van der Waals surface area contributed by atoms with E-state index in [-0.39, 0.29) is 23.9 Å². The van der Waals surface area contributed by atoms with Crippen LogP contribution in [-0.2, 0) is 19.6 Å². The number of benzene rings is 2. The van der Waals surface area contributed by atoms with Crippen LogP contribution in [0.5, 0.6) is 5.75 Å². The van der Waals surface area contributed by atoms with Gasteiger partial charge in [-0.1, -0.05) is 36.9 Å². The van der Waals surface area contributed by atoms with E-state index in [1.165, 1.54) is 6.07 Å². The van der Waals surface area contributed by atoms with Crippen LogP contribution < -0.4 is 4.74 Å². The molecular weight excluding hydrogens is 308 g/mol. The summed E-state index contributed by atoms with van der Waals surface area (Å²) >= 11 is 0. The highest BCUT2D eigenvalue weighted by atomic mass is 32.2. The van der Waals surface area contributed by atoms with Crippen LogP contribution in [0.3, 0.4) is 0 Å². The molecule has 0 heterocycles. The zero-order valence-electron chi connectivity index (χ0n) is 11.6. The number of hydrogen-bond acceptors (Lipinski definition) is 5. The Balaban J connectivity index is 2.30. The quantitative estimate of drug-likeness (QED) is 0.379. The van der Waals surface area contributed by atoms with Gasteiger partial charge in [-0.2, -0.15) is 8.42 Å². The smallest absolute Gasteiger partial charge is 0.330 e. The van der Waals surface area contributed by atoms with Gasteiger partial charge in [0.25, 0.3) is 10.1 Å². The summed E-state index contributed by atoms with van der Waals surface area (Å²) in [6, 6.07) is 9.83. The van der Waals surface area contributed by atoms with Gasteiger partial charge >= 0.3 is 5.97 Å². The van der Waals surface area contributed by atoms with Crippen LogP contribution in [-0.4, -0.2) is 32.2 Å². The molecule has 0 amide bonds. The summed E-state index contributed by atoms with van der Waals surface area (Å²) in [6.45, 7) is 3.13. The van der Waals surface area contributed by atoms with E-state index in [9.17, 15) is 17.8 Å². The van der Waals surface area contributed by atoms with Gasteiger partial charge in [0.15, 0.2) is 0 Å². The molecule has 0 aliphatic carbocycles. The molecule has 116 valence electrons. The number of ether oxygens (including phenoxy) is 2. The summed E-state index contributed by atoms with van der Waals surface area (Å²) in [4.78, 5) is 10.6. The van der Waals surface area contributed by atoms with Gasteiger partial charge in [0.2, 0.25) is 0 Å². The van der Waals surface area contributed by atoms with Crippen molar-refractivity contribution in [2.45, 2.75) is 4.90 Å². The van der Waals surface area contributed by atoms with Gasteiger partial charge in [0, 0.05) is 11.5 Å². The molecular formula is C15H14O6S. The van der Waals surface area contributed by atoms with Gasteiger partial charge in [-0.05, 0) is 11.5 Å². The molecule has 0 unspecified atom stereocenters. The molecule has 2 aromatic rings. The Labute approximate surface area is 127 Å². The minimum absolute atomic E-state index is 0.00384. The molecule has 7 heteroatoms. The maximum absolute atomic E-state index is 11.6. The molecule has 0 aliphatic heterocycles. The normalized spacial score (nSPS) is 11.1. The van der Waals surface area contributed by atoms with Crippen molar-refractivity contribution >= 4 is 26.9 Å². The van der Waals surface area contributed by atoms with Crippen LogP contribution in [0, 0.1) is 0 Å². The first kappa shape index (κ1) is 16.0. The predicted octanol–water partition coefficient (Wildman–Crippen LogP) is 2.19. The lowest BCUT2D eigenvalue weighted by molar-refractivity contribution is -0.138. The fourth-order valence-corrected chi connectivity index (χ4v) is 2.80. The summed E-state index contributed by atoms with van der Waals surface area (Å²) in [5.74, 6) is -0.604. The van der Waals surface area contributed by atoms with E-state index in [0.29, 0.717) is 10.8 Å². The van der Waals surface area contributed by atoms with E-state index in [1.807, 2.05) is 0 Å². The molecule has 1 N–H and O–H groups in total. The molecule has 0 bridgehead atoms. The summed E-state index contributed by atoms with van der Waals surface area (Å²) < 4.78 is 42.8. The van der Waals surface area contributed by atoms with Crippen LogP contribution >= 0.6 is 0 Å². The topological polar surface area (TPSA) is 89.9 Å². The van der Waals surface area contributed by atoms with E-state index in [2.05, 4.69) is 6.58 Å². The van der Waals surface area contributed by atoms with Gasteiger partial charge in [-0.15, -0.1) is 0 Å². The van der Waals surface area contributed by atoms with Crippen molar-refractivity contribution in [1.82, 2.24) is 0 Å². The van der Waals surface area contributed by atoms with Crippen molar-refractivity contribution in [3.8, 4) is 5.75 Å². The molecule has 2 aromatic carbocycles. The first-order valence-corrected chi connectivity index (χ1v) is 7.78. The van der Waals surface area contributed by atoms with Gasteiger partial charge in [-0.25, -0.2) is 4.79 Å². The van der Waals surface area contributed by atoms with Gasteiger partial charge in [0.1, 0.15) is 23.9 Å². The number of hydrogen-bond donors (Lipinski definition) is 1. The molecule has 6 nitrogen and oxygen atoms in total. The lowest BCUT2D eigenvalue weighted by Gasteiger charge is -2.12. The summed E-state index contributed by atoms with van der Waals surface area (Å²) in [5.41, 5.74) is 0. The van der Waals surface area contributed by atoms with E-state index in [0.717, 1.165) is 6.08 Å². The Morgan fingerprint density at radius 2 is 1.91 bits per heavy atom. The second kappa shape index (κ2) is 6.59. The third kappa shape index (κ3) is 3.63. The lowest BCUT2D eigenvalue weighted by Crippen LogP contribution is -2.12. The predicted molar refractivity (Wildman–Crippen MR) is 80.4 cm³/mol. The maximum Gasteiger partial charge on any atom is 0.330 e. The first-order chi connectivity index (χ1) is 10.4. The second-order valence-corrected chi connectivity index (χ2v) is 5.67. The Morgan fingerprint density at radius 3 is 2.59 bits per heavy atom. The molecule has 0 fully saturated rings. The Hall–Kier alpha value is -2.38. The average Bonchev–Trinajstić information content (AvgIpc) is 2.49. The SMILES string of the molecule is C=CC(=O)OCCOc1ccc2ccccc2c1S(=O)(=O)O. The van der Waals surface area contributed by atoms with Gasteiger partial charge < -0.3 is 9.47 Å². The Bertz CT molecular complexity index is 810. The van der Waals surface area contributed by atoms with Crippen molar-refractivity contribution in [2.75, 3.05) is 13.2 Å². The van der Waals surface area contributed by atoms with E-state index < -0.39 is 16.1 Å². The molecule has 0 aliphatic rings. The molecule has 22 heavy (non-hydrogen) atoms. The van der Waals surface area contributed by atoms with Crippen molar-refractivity contribution in [3.05, 3.63) is 49.1 Å². The number of esters is 1. The third-order valence-electron chi connectivity index (χ3n) is 2.85. The van der Waals surface area contributed by atoms with Crippen molar-refractivity contribution in [2.24, 2.45) is 0 Å². The van der Waals surface area contributed by atoms with Crippen LogP contribution in [0.25, 0.3) is 10.8 Å². The van der Waals surface area contributed by atoms with E-state index in [1.54, 1.807) is 30.3 Å². The standard InChI is InChI=1S/C15H14O6S/c1-2-14(16)21-10-9-20-13-8-7-11-5-3-4-6-12(11)15(13)22(17,18)19/h2-8H,1,9-10H2,(H,17,18,19). The number of carbonyl (C=O) groups excluding carboxylic acids is 1. The zero-order chi connectivity index (χ0) is 16.2. The molecule has 0 saturated carbocycles. The van der Waals surface area contributed by atoms with Gasteiger partial charge in [0.05, 0.1) is 0 Å². The summed E-state index contributed by atoms with van der Waals surface area (Å²) in [6.07, 6.45) is 1.01. The highest BCUT2D eigenvalue weighted by Gasteiger charge is 2.20. The second-order valence-electron chi connectivity index (χ2n) is 4.31. The van der Waals surface area contributed by atoms with E-state index >= 15 is 0 Å². The Kier molecular flexibility index (Phi) is 4.79. The Morgan fingerprint density at radius 1 is 1.18 bits per heavy atom. The molecule has 0 saturated heterocycles. The lowest BCUT2D eigenvalue weighted by atomic mass is 10.1. The maximum atomic E-state index is 11.6. The van der Waals surface area contributed by atoms with E-state index in [4.69, 9.17) is 9.47 Å². The van der Waals surface area contributed by atoms with Crippen LogP contribution in [0.15, 0.2) is 53.9 Å². The zero-order valence-corrected chi connectivity index (χ0v) is 12.4. The van der Waals surface area contributed by atoms with Crippen molar-refractivity contribution in [1.29, 1.82) is 0 Å². The minimum atomic E-state index is -4.47. The summed E-state index contributed by atoms with van der Waals surface area (Å²) in [5, 5.41) is 1.01. The first-order valence-electron chi connectivity index (χ1n) is 6.34. The van der Waals surface area contributed by atoms with Crippen LogP contribution in [0.1, 0.15) is 0 Å². The van der Waals surface area contributed by atoms with Gasteiger partial charge in [-0.3, -0.25) is 4.55 Å². The fraction of sp³-hybridized carbons (Fsp3) is 0.133. The largest absolute Gasteiger partial charge is 0.489 e. The van der Waals surface area contributed by atoms with Crippen LogP contribution in [0.4, 0.5) is 0 Å². The number of rotatable bonds is 6. The third-order valence-corrected chi connectivity index (χ3v) is 3.79. The molecule has 0 aromatic heterocycles. The summed E-state index contributed by atoms with van der Waals surface area (Å²) in [7, 11) is -4.47. The molecule has 2 rings (SSSR count). The van der Waals surface area contributed by atoms with Crippen molar-refractivity contribution in [3.63, 3.8) is 0 Å². The number of carbonyl (C=O) groups is 1. The average molecular weight is 322 g/mol. The fourth-order valence-electron chi connectivity index (χ4n) is 1.96. The molecule has 0 spiro atoms. The monoisotopic (exact) mass is 322 g/mol. The molecule has 0 atom stereocenters.